The van der Waals surface area contributed by atoms with Crippen LogP contribution < -0.4 is 20.5 Å². The van der Waals surface area contributed by atoms with E-state index in [1.165, 1.54) is 0 Å². The Balaban J connectivity index is 1.64. The molecule has 0 spiro atoms. The van der Waals surface area contributed by atoms with Gasteiger partial charge in [0.15, 0.2) is 0 Å². The van der Waals surface area contributed by atoms with Crippen LogP contribution in [0.4, 0.5) is 0 Å². The Labute approximate surface area is 147 Å². The predicted octanol–water partition coefficient (Wildman–Crippen LogP) is 1.50. The average Bonchev–Trinajstić information content (AvgIpc) is 2.61. The fourth-order valence-corrected chi connectivity index (χ4v) is 2.26. The van der Waals surface area contributed by atoms with Crippen molar-refractivity contribution < 1.29 is 19.4 Å². The third-order valence-electron chi connectivity index (χ3n) is 3.59. The molecule has 4 N–H and O–H groups in total. The minimum absolute atomic E-state index is 0.212. The van der Waals surface area contributed by atoms with Gasteiger partial charge in [0.25, 0.3) is 5.91 Å². The number of amides is 1. The minimum Gasteiger partial charge on any atom is -0.491 e. The van der Waals surface area contributed by atoms with Gasteiger partial charge in [0, 0.05) is 13.1 Å². The lowest BCUT2D eigenvalue weighted by Gasteiger charge is -2.15. The molecule has 0 saturated carbocycles. The summed E-state index contributed by atoms with van der Waals surface area (Å²) in [4.78, 5) is 11.3. The number of ether oxygens (including phenoxy) is 2. The van der Waals surface area contributed by atoms with Crippen molar-refractivity contribution in [2.45, 2.75) is 13.0 Å². The summed E-state index contributed by atoms with van der Waals surface area (Å²) in [6.07, 6.45) is -0.627. The molecule has 0 saturated heterocycles. The van der Waals surface area contributed by atoms with Gasteiger partial charge in [-0.2, -0.15) is 0 Å². The van der Waals surface area contributed by atoms with Crippen molar-refractivity contribution in [1.82, 2.24) is 5.32 Å². The van der Waals surface area contributed by atoms with E-state index in [0.29, 0.717) is 31.0 Å². The number of nitrogens with one attached hydrogen (secondary N) is 1. The Bertz CT molecular complexity index is 691. The van der Waals surface area contributed by atoms with Crippen LogP contribution in [0.25, 0.3) is 0 Å². The highest BCUT2D eigenvalue weighted by Crippen LogP contribution is 2.17. The summed E-state index contributed by atoms with van der Waals surface area (Å²) < 4.78 is 11.1. The second-order valence-electron chi connectivity index (χ2n) is 5.64. The van der Waals surface area contributed by atoms with Crippen molar-refractivity contribution in [2.75, 3.05) is 26.3 Å². The van der Waals surface area contributed by atoms with Crippen molar-refractivity contribution in [2.24, 2.45) is 5.73 Å². The van der Waals surface area contributed by atoms with Crippen molar-refractivity contribution in [3.63, 3.8) is 0 Å². The third kappa shape index (κ3) is 6.10. The Morgan fingerprint density at radius 3 is 2.52 bits per heavy atom. The van der Waals surface area contributed by atoms with E-state index in [4.69, 9.17) is 15.2 Å². The Morgan fingerprint density at radius 2 is 1.80 bits per heavy atom. The SMILES string of the molecule is Cc1ccccc1OC[C@@H](O)CNCCOc1ccccc1C(N)=O. The summed E-state index contributed by atoms with van der Waals surface area (Å²) in [6, 6.07) is 14.5. The largest absolute Gasteiger partial charge is 0.491 e. The van der Waals surface area contributed by atoms with Crippen LogP contribution in [0, 0.1) is 6.92 Å². The number of carbonyl (C=O) groups excluding carboxylic acids is 1. The van der Waals surface area contributed by atoms with Gasteiger partial charge in [0.2, 0.25) is 0 Å². The molecule has 134 valence electrons. The topological polar surface area (TPSA) is 93.8 Å². The van der Waals surface area contributed by atoms with Crippen LogP contribution >= 0.6 is 0 Å². The van der Waals surface area contributed by atoms with Gasteiger partial charge in [-0.15, -0.1) is 0 Å². The quantitative estimate of drug-likeness (QED) is 0.568. The first-order valence-corrected chi connectivity index (χ1v) is 8.16. The van der Waals surface area contributed by atoms with Gasteiger partial charge in [-0.1, -0.05) is 30.3 Å². The third-order valence-corrected chi connectivity index (χ3v) is 3.59. The standard InChI is InChI=1S/C19H24N2O4/c1-14-6-2-4-8-17(14)25-13-15(22)12-21-10-11-24-18-9-5-3-7-16(18)19(20)23/h2-9,15,21-22H,10-13H2,1H3,(H2,20,23)/t15-/m0/s1. The van der Waals surface area contributed by atoms with E-state index in [1.807, 2.05) is 31.2 Å². The van der Waals surface area contributed by atoms with Gasteiger partial charge in [-0.25, -0.2) is 0 Å². The van der Waals surface area contributed by atoms with Crippen molar-refractivity contribution >= 4 is 5.91 Å². The zero-order valence-electron chi connectivity index (χ0n) is 14.3. The summed E-state index contributed by atoms with van der Waals surface area (Å²) in [5.41, 5.74) is 6.68. The van der Waals surface area contributed by atoms with Crippen LogP contribution in [0.5, 0.6) is 11.5 Å². The molecule has 0 fully saturated rings. The molecule has 2 aromatic rings. The zero-order valence-corrected chi connectivity index (χ0v) is 14.3. The van der Waals surface area contributed by atoms with E-state index < -0.39 is 12.0 Å². The zero-order chi connectivity index (χ0) is 18.1. The number of aryl methyl sites for hydroxylation is 1. The summed E-state index contributed by atoms with van der Waals surface area (Å²) in [5, 5.41) is 13.0. The molecule has 6 nitrogen and oxygen atoms in total. The van der Waals surface area contributed by atoms with Gasteiger partial charge in [0.05, 0.1) is 5.56 Å². The maximum atomic E-state index is 11.3. The number of aliphatic hydroxyl groups is 1. The van der Waals surface area contributed by atoms with Gasteiger partial charge >= 0.3 is 0 Å². The Hall–Kier alpha value is -2.57. The number of nitrogens with two attached hydrogens (primary N) is 1. The maximum absolute atomic E-state index is 11.3. The van der Waals surface area contributed by atoms with E-state index in [0.717, 1.165) is 11.3 Å². The van der Waals surface area contributed by atoms with Crippen molar-refractivity contribution in [1.29, 1.82) is 0 Å². The number of hydrogen-bond donors (Lipinski definition) is 3. The lowest BCUT2D eigenvalue weighted by molar-refractivity contribution is 0.0995. The number of aliphatic hydroxyl groups excluding tert-OH is 1. The molecule has 0 radical (unpaired) electrons. The van der Waals surface area contributed by atoms with Crippen LogP contribution in [-0.4, -0.2) is 43.4 Å². The highest BCUT2D eigenvalue weighted by molar-refractivity contribution is 5.95. The highest BCUT2D eigenvalue weighted by Gasteiger charge is 2.09. The molecule has 2 rings (SSSR count). The predicted molar refractivity (Wildman–Crippen MR) is 96.0 cm³/mol. The Kier molecular flexibility index (Phi) is 7.25. The average molecular weight is 344 g/mol. The normalized spacial score (nSPS) is 11.8. The minimum atomic E-state index is -0.627. The summed E-state index contributed by atoms with van der Waals surface area (Å²) in [5.74, 6) is 0.709. The lowest BCUT2D eigenvalue weighted by atomic mass is 10.2. The van der Waals surface area contributed by atoms with E-state index >= 15 is 0 Å². The van der Waals surface area contributed by atoms with E-state index in [2.05, 4.69) is 5.32 Å². The van der Waals surface area contributed by atoms with Crippen molar-refractivity contribution in [3.05, 3.63) is 59.7 Å². The van der Waals surface area contributed by atoms with Gasteiger partial charge in [-0.05, 0) is 30.7 Å². The van der Waals surface area contributed by atoms with Gasteiger partial charge < -0.3 is 25.6 Å². The smallest absolute Gasteiger partial charge is 0.252 e. The van der Waals surface area contributed by atoms with Gasteiger partial charge in [0.1, 0.15) is 30.8 Å². The molecule has 2 aromatic carbocycles. The molecule has 0 aliphatic carbocycles. The molecule has 6 heteroatoms. The Morgan fingerprint density at radius 1 is 1.12 bits per heavy atom. The van der Waals surface area contributed by atoms with Gasteiger partial charge in [-0.3, -0.25) is 4.79 Å². The number of benzene rings is 2. The van der Waals surface area contributed by atoms with Crippen LogP contribution in [0.1, 0.15) is 15.9 Å². The molecule has 25 heavy (non-hydrogen) atoms. The van der Waals surface area contributed by atoms with E-state index in [9.17, 15) is 9.90 Å². The maximum Gasteiger partial charge on any atom is 0.252 e. The number of primary amides is 1. The first-order valence-electron chi connectivity index (χ1n) is 8.16. The molecule has 0 heterocycles. The molecule has 1 atom stereocenters. The number of para-hydroxylation sites is 2. The summed E-state index contributed by atoms with van der Waals surface area (Å²) in [7, 11) is 0. The summed E-state index contributed by atoms with van der Waals surface area (Å²) in [6.45, 7) is 3.43. The first-order chi connectivity index (χ1) is 12.1. The van der Waals surface area contributed by atoms with Crippen LogP contribution in [-0.2, 0) is 0 Å². The number of carbonyl (C=O) groups is 1. The second kappa shape index (κ2) is 9.66. The molecule has 1 amide bonds. The lowest BCUT2D eigenvalue weighted by Crippen LogP contribution is -2.33. The molecular weight excluding hydrogens is 320 g/mol. The van der Waals surface area contributed by atoms with Crippen LogP contribution in [0.3, 0.4) is 0 Å². The first kappa shape index (κ1) is 18.8. The number of rotatable bonds is 10. The highest BCUT2D eigenvalue weighted by atomic mass is 16.5. The number of hydrogen-bond acceptors (Lipinski definition) is 5. The summed E-state index contributed by atoms with van der Waals surface area (Å²) >= 11 is 0. The van der Waals surface area contributed by atoms with Crippen LogP contribution in [0.2, 0.25) is 0 Å². The van der Waals surface area contributed by atoms with Crippen molar-refractivity contribution in [3.8, 4) is 11.5 Å². The van der Waals surface area contributed by atoms with E-state index in [-0.39, 0.29) is 6.61 Å². The molecule has 0 aliphatic rings. The molecular formula is C19H24N2O4. The second-order valence-corrected chi connectivity index (χ2v) is 5.64. The molecule has 0 bridgehead atoms. The fourth-order valence-electron chi connectivity index (χ4n) is 2.26. The fraction of sp³-hybridized carbons (Fsp3) is 0.316. The van der Waals surface area contributed by atoms with Crippen LogP contribution in [0.15, 0.2) is 48.5 Å². The molecule has 0 aliphatic heterocycles. The monoisotopic (exact) mass is 344 g/mol. The molecule has 0 aromatic heterocycles. The molecule has 0 unspecified atom stereocenters. The van der Waals surface area contributed by atoms with E-state index in [1.54, 1.807) is 24.3 Å².